The van der Waals surface area contributed by atoms with E-state index >= 15 is 0 Å². The summed E-state index contributed by atoms with van der Waals surface area (Å²) in [6.07, 6.45) is 0. The highest BCUT2D eigenvalue weighted by Crippen LogP contribution is 2.35. The van der Waals surface area contributed by atoms with Crippen LogP contribution in [0.3, 0.4) is 0 Å². The number of methoxy groups -OCH3 is 1. The van der Waals surface area contributed by atoms with Crippen molar-refractivity contribution in [3.63, 3.8) is 0 Å². The van der Waals surface area contributed by atoms with Gasteiger partial charge in [0.05, 0.1) is 7.11 Å². The molecule has 0 radical (unpaired) electrons. The number of ether oxygens (including phenoxy) is 1. The Morgan fingerprint density at radius 1 is 1.24 bits per heavy atom. The molecule has 112 valence electrons. The van der Waals surface area contributed by atoms with Crippen LogP contribution in [0, 0.1) is 0 Å². The van der Waals surface area contributed by atoms with Crippen molar-refractivity contribution >= 4 is 17.2 Å². The average molecular weight is 304 g/mol. The first-order valence-electron chi connectivity index (χ1n) is 6.98. The molecule has 4 nitrogen and oxygen atoms in total. The molecule has 2 aromatic rings. The van der Waals surface area contributed by atoms with Gasteiger partial charge in [0.25, 0.3) is 5.91 Å². The maximum Gasteiger partial charge on any atom is 0.265 e. The van der Waals surface area contributed by atoms with Gasteiger partial charge in [-0.15, -0.1) is 11.3 Å². The zero-order chi connectivity index (χ0) is 15.1. The standard InChI is InChI=1S/C16H20N2O2S/c1-3-17-9-10-18-16(19)15-13(20-2)11-14(21-15)12-7-5-4-6-8-12/h4-8,11,17H,3,9-10H2,1-2H3,(H,18,19). The molecule has 0 saturated heterocycles. The summed E-state index contributed by atoms with van der Waals surface area (Å²) in [5.74, 6) is 0.539. The van der Waals surface area contributed by atoms with E-state index in [0.29, 0.717) is 17.2 Å². The molecule has 0 unspecified atom stereocenters. The fourth-order valence-corrected chi connectivity index (χ4v) is 3.00. The first-order chi connectivity index (χ1) is 10.3. The molecule has 21 heavy (non-hydrogen) atoms. The van der Waals surface area contributed by atoms with Gasteiger partial charge in [0.1, 0.15) is 10.6 Å². The molecule has 1 heterocycles. The lowest BCUT2D eigenvalue weighted by atomic mass is 10.2. The number of nitrogens with one attached hydrogen (secondary N) is 2. The Morgan fingerprint density at radius 3 is 2.67 bits per heavy atom. The van der Waals surface area contributed by atoms with E-state index < -0.39 is 0 Å². The van der Waals surface area contributed by atoms with Crippen LogP contribution in [0.2, 0.25) is 0 Å². The molecule has 1 amide bonds. The van der Waals surface area contributed by atoms with Crippen LogP contribution in [0.5, 0.6) is 5.75 Å². The van der Waals surface area contributed by atoms with Crippen molar-refractivity contribution in [1.82, 2.24) is 10.6 Å². The minimum Gasteiger partial charge on any atom is -0.495 e. The third-order valence-electron chi connectivity index (χ3n) is 3.02. The van der Waals surface area contributed by atoms with E-state index in [1.54, 1.807) is 7.11 Å². The lowest BCUT2D eigenvalue weighted by Gasteiger charge is -2.05. The van der Waals surface area contributed by atoms with Gasteiger partial charge < -0.3 is 15.4 Å². The summed E-state index contributed by atoms with van der Waals surface area (Å²) in [5.41, 5.74) is 1.09. The van der Waals surface area contributed by atoms with E-state index in [0.717, 1.165) is 23.5 Å². The molecule has 0 spiro atoms. The predicted octanol–water partition coefficient (Wildman–Crippen LogP) is 2.76. The summed E-state index contributed by atoms with van der Waals surface area (Å²) in [5, 5.41) is 6.07. The first kappa shape index (κ1) is 15.5. The SMILES string of the molecule is CCNCCNC(=O)c1sc(-c2ccccc2)cc1OC. The Morgan fingerprint density at radius 2 is 2.00 bits per heavy atom. The normalized spacial score (nSPS) is 10.4. The van der Waals surface area contributed by atoms with Gasteiger partial charge in [0.2, 0.25) is 0 Å². The second-order valence-corrected chi connectivity index (χ2v) is 5.54. The zero-order valence-electron chi connectivity index (χ0n) is 12.3. The third kappa shape index (κ3) is 4.06. The van der Waals surface area contributed by atoms with Crippen LogP contribution in [0.4, 0.5) is 0 Å². The Bertz CT molecular complexity index is 581. The number of carbonyl (C=O) groups excluding carboxylic acids is 1. The lowest BCUT2D eigenvalue weighted by Crippen LogP contribution is -2.31. The predicted molar refractivity (Wildman–Crippen MR) is 87.2 cm³/mol. The molecule has 1 aromatic carbocycles. The van der Waals surface area contributed by atoms with Crippen LogP contribution in [0.25, 0.3) is 10.4 Å². The smallest absolute Gasteiger partial charge is 0.265 e. The number of hydrogen-bond donors (Lipinski definition) is 2. The summed E-state index contributed by atoms with van der Waals surface area (Å²) in [6.45, 7) is 4.31. The van der Waals surface area contributed by atoms with Gasteiger partial charge in [-0.2, -0.15) is 0 Å². The Balaban J connectivity index is 2.12. The number of carbonyl (C=O) groups is 1. The molecule has 1 aromatic heterocycles. The third-order valence-corrected chi connectivity index (χ3v) is 4.18. The Hall–Kier alpha value is -1.85. The second kappa shape index (κ2) is 7.81. The average Bonchev–Trinajstić information content (AvgIpc) is 2.96. The molecule has 0 fully saturated rings. The van der Waals surface area contributed by atoms with Crippen molar-refractivity contribution in [3.8, 4) is 16.2 Å². The molecule has 2 rings (SSSR count). The summed E-state index contributed by atoms with van der Waals surface area (Å²) in [4.78, 5) is 13.9. The summed E-state index contributed by atoms with van der Waals surface area (Å²) in [6, 6.07) is 11.9. The van der Waals surface area contributed by atoms with Crippen LogP contribution in [-0.2, 0) is 0 Å². The fourth-order valence-electron chi connectivity index (χ4n) is 1.95. The highest BCUT2D eigenvalue weighted by molar-refractivity contribution is 7.17. The van der Waals surface area contributed by atoms with Crippen LogP contribution in [-0.4, -0.2) is 32.7 Å². The van der Waals surface area contributed by atoms with Crippen LogP contribution >= 0.6 is 11.3 Å². The summed E-state index contributed by atoms with van der Waals surface area (Å²) >= 11 is 1.45. The number of benzene rings is 1. The first-order valence-corrected chi connectivity index (χ1v) is 7.80. The highest BCUT2D eigenvalue weighted by Gasteiger charge is 2.17. The molecular weight excluding hydrogens is 284 g/mol. The van der Waals surface area contributed by atoms with Gasteiger partial charge in [0.15, 0.2) is 0 Å². The molecule has 0 aliphatic rings. The number of thiophene rings is 1. The maximum absolute atomic E-state index is 12.2. The van der Waals surface area contributed by atoms with Crippen molar-refractivity contribution in [2.75, 3.05) is 26.7 Å². The number of amides is 1. The summed E-state index contributed by atoms with van der Waals surface area (Å²) < 4.78 is 5.33. The van der Waals surface area contributed by atoms with Crippen molar-refractivity contribution < 1.29 is 9.53 Å². The van der Waals surface area contributed by atoms with Gasteiger partial charge in [-0.05, 0) is 18.2 Å². The fraction of sp³-hybridized carbons (Fsp3) is 0.312. The highest BCUT2D eigenvalue weighted by atomic mass is 32.1. The molecule has 0 aliphatic heterocycles. The summed E-state index contributed by atoms with van der Waals surface area (Å²) in [7, 11) is 1.59. The van der Waals surface area contributed by atoms with Gasteiger partial charge >= 0.3 is 0 Å². The Labute approximate surface area is 129 Å². The number of likely N-dealkylation sites (N-methyl/N-ethyl adjacent to an activating group) is 1. The van der Waals surface area contributed by atoms with Crippen molar-refractivity contribution in [3.05, 3.63) is 41.3 Å². The molecule has 2 N–H and O–H groups in total. The van der Waals surface area contributed by atoms with E-state index in [2.05, 4.69) is 10.6 Å². The van der Waals surface area contributed by atoms with Crippen LogP contribution in [0.15, 0.2) is 36.4 Å². The Kier molecular flexibility index (Phi) is 5.78. The minimum atomic E-state index is -0.0862. The quantitative estimate of drug-likeness (QED) is 0.773. The van der Waals surface area contributed by atoms with E-state index in [4.69, 9.17) is 4.74 Å². The van der Waals surface area contributed by atoms with Crippen molar-refractivity contribution in [1.29, 1.82) is 0 Å². The van der Waals surface area contributed by atoms with E-state index in [1.165, 1.54) is 11.3 Å². The molecule has 0 atom stereocenters. The van der Waals surface area contributed by atoms with E-state index in [1.807, 2.05) is 43.3 Å². The van der Waals surface area contributed by atoms with Crippen LogP contribution < -0.4 is 15.4 Å². The minimum absolute atomic E-state index is 0.0862. The van der Waals surface area contributed by atoms with Gasteiger partial charge in [-0.25, -0.2) is 0 Å². The monoisotopic (exact) mass is 304 g/mol. The molecule has 5 heteroatoms. The largest absolute Gasteiger partial charge is 0.495 e. The number of rotatable bonds is 7. The lowest BCUT2D eigenvalue weighted by molar-refractivity contribution is 0.0955. The second-order valence-electron chi connectivity index (χ2n) is 4.48. The van der Waals surface area contributed by atoms with Crippen molar-refractivity contribution in [2.24, 2.45) is 0 Å². The number of hydrogen-bond acceptors (Lipinski definition) is 4. The van der Waals surface area contributed by atoms with E-state index in [9.17, 15) is 4.79 Å². The maximum atomic E-state index is 12.2. The molecule has 0 bridgehead atoms. The topological polar surface area (TPSA) is 50.4 Å². The molecule has 0 saturated carbocycles. The van der Waals surface area contributed by atoms with E-state index in [-0.39, 0.29) is 5.91 Å². The molecule has 0 aliphatic carbocycles. The van der Waals surface area contributed by atoms with Gasteiger partial charge in [0, 0.05) is 18.0 Å². The van der Waals surface area contributed by atoms with Gasteiger partial charge in [-0.3, -0.25) is 4.79 Å². The van der Waals surface area contributed by atoms with Crippen molar-refractivity contribution in [2.45, 2.75) is 6.92 Å². The molecular formula is C16H20N2O2S. The zero-order valence-corrected chi connectivity index (χ0v) is 13.1. The van der Waals surface area contributed by atoms with Gasteiger partial charge in [-0.1, -0.05) is 37.3 Å². The van der Waals surface area contributed by atoms with Crippen LogP contribution in [0.1, 0.15) is 16.6 Å².